The lowest BCUT2D eigenvalue weighted by Gasteiger charge is -2.39. The van der Waals surface area contributed by atoms with Crippen molar-refractivity contribution in [3.05, 3.63) is 90.5 Å². The number of halogens is 2. The van der Waals surface area contributed by atoms with Crippen LogP contribution in [-0.4, -0.2) is 18.2 Å². The van der Waals surface area contributed by atoms with E-state index in [2.05, 4.69) is 84.9 Å². The standard InChI is InChI=1S/C24H25S.C14H20F2O3S/c1-4-10-20(11-5-1)21-16-18-24(19-17-21)25(22-12-6-2-7-13-22)23-14-8-3-9-15-23;15-14(16,20(17,18)19)6-10-4-9-5-11(10)13-8-2-1-7(3-8)12(9)13/h2-3,6-9,12-20H,1,4-5,10-11H2;7-13H,1-6H2,(H,17,18,19)/q+1;/p-1. The van der Waals surface area contributed by atoms with E-state index >= 15 is 0 Å². The van der Waals surface area contributed by atoms with E-state index in [1.165, 1.54) is 71.6 Å². The number of benzene rings is 3. The molecule has 45 heavy (non-hydrogen) atoms. The second-order valence-electron chi connectivity index (χ2n) is 14.3. The van der Waals surface area contributed by atoms with Crippen molar-refractivity contribution in [2.45, 2.75) is 96.5 Å². The molecular weight excluding hydrogens is 607 g/mol. The van der Waals surface area contributed by atoms with Crippen molar-refractivity contribution in [1.29, 1.82) is 0 Å². The van der Waals surface area contributed by atoms with Crippen LogP contribution in [0, 0.1) is 41.4 Å². The maximum Gasteiger partial charge on any atom is 0.334 e. The summed E-state index contributed by atoms with van der Waals surface area (Å²) < 4.78 is 59.2. The molecule has 3 aromatic rings. The molecule has 4 bridgehead atoms. The van der Waals surface area contributed by atoms with Gasteiger partial charge in [-0.1, -0.05) is 67.8 Å². The average Bonchev–Trinajstić information content (AvgIpc) is 3.84. The molecule has 0 saturated heterocycles. The Morgan fingerprint density at radius 3 is 1.80 bits per heavy atom. The van der Waals surface area contributed by atoms with E-state index in [4.69, 9.17) is 0 Å². The summed E-state index contributed by atoms with van der Waals surface area (Å²) in [4.78, 5) is 4.19. The molecule has 7 unspecified atom stereocenters. The van der Waals surface area contributed by atoms with Gasteiger partial charge in [-0.15, -0.1) is 0 Å². The lowest BCUT2D eigenvalue weighted by Crippen LogP contribution is -2.37. The van der Waals surface area contributed by atoms with Gasteiger partial charge in [0.05, 0.1) is 10.9 Å². The fourth-order valence-corrected chi connectivity index (χ4v) is 12.7. The summed E-state index contributed by atoms with van der Waals surface area (Å²) in [5.74, 6) is 4.00. The SMILES string of the molecule is O=S(=O)([O-])C(F)(F)CC1CC2CC1C1C3CCC(C3)C21.c1ccc([S+](c2ccccc2)c2ccc(C3CCCCC3)cc2)cc1. The van der Waals surface area contributed by atoms with Gasteiger partial charge in [-0.05, 0) is 134 Å². The van der Waals surface area contributed by atoms with E-state index in [9.17, 15) is 21.8 Å². The third-order valence-electron chi connectivity index (χ3n) is 11.9. The second-order valence-corrected chi connectivity index (χ2v) is 17.8. The van der Waals surface area contributed by atoms with Crippen LogP contribution in [0.15, 0.2) is 99.6 Å². The first-order valence-corrected chi connectivity index (χ1v) is 19.6. The smallest absolute Gasteiger partial charge is 0.334 e. The zero-order valence-electron chi connectivity index (χ0n) is 25.8. The highest BCUT2D eigenvalue weighted by atomic mass is 32.2. The predicted octanol–water partition coefficient (Wildman–Crippen LogP) is 9.66. The van der Waals surface area contributed by atoms with Crippen LogP contribution in [0.4, 0.5) is 8.78 Å². The Balaban J connectivity index is 0.000000148. The molecule has 0 spiro atoms. The molecule has 5 saturated carbocycles. The van der Waals surface area contributed by atoms with Crippen molar-refractivity contribution in [2.24, 2.45) is 41.4 Å². The van der Waals surface area contributed by atoms with Crippen molar-refractivity contribution in [3.63, 3.8) is 0 Å². The first-order chi connectivity index (χ1) is 21.7. The highest BCUT2D eigenvalue weighted by Gasteiger charge is 2.63. The van der Waals surface area contributed by atoms with E-state index in [1.807, 2.05) is 0 Å². The summed E-state index contributed by atoms with van der Waals surface area (Å²) in [7, 11) is -5.55. The number of rotatable bonds is 7. The highest BCUT2D eigenvalue weighted by Crippen LogP contribution is 2.69. The van der Waals surface area contributed by atoms with Gasteiger partial charge in [0.25, 0.3) is 0 Å². The quantitative estimate of drug-likeness (QED) is 0.145. The van der Waals surface area contributed by atoms with Gasteiger partial charge in [0, 0.05) is 6.42 Å². The minimum Gasteiger partial charge on any atom is -0.743 e. The minimum absolute atomic E-state index is 0.0278. The van der Waals surface area contributed by atoms with Crippen LogP contribution in [-0.2, 0) is 21.0 Å². The van der Waals surface area contributed by atoms with Crippen molar-refractivity contribution >= 4 is 21.0 Å². The fraction of sp³-hybridized carbons (Fsp3) is 0.526. The molecule has 5 aliphatic carbocycles. The molecule has 0 aliphatic heterocycles. The van der Waals surface area contributed by atoms with Gasteiger partial charge < -0.3 is 4.55 Å². The van der Waals surface area contributed by atoms with E-state index in [-0.39, 0.29) is 22.7 Å². The molecule has 8 rings (SSSR count). The third kappa shape index (κ3) is 6.26. The summed E-state index contributed by atoms with van der Waals surface area (Å²) in [5, 5.41) is -4.09. The van der Waals surface area contributed by atoms with Crippen LogP contribution in [0.2, 0.25) is 0 Å². The molecular formula is C38H44F2O3S2. The van der Waals surface area contributed by atoms with Crippen LogP contribution >= 0.6 is 0 Å². The first kappa shape index (κ1) is 31.4. The normalized spacial score (nSPS) is 30.7. The van der Waals surface area contributed by atoms with Gasteiger partial charge in [0.2, 0.25) is 0 Å². The lowest BCUT2D eigenvalue weighted by atomic mass is 9.67. The van der Waals surface area contributed by atoms with Gasteiger partial charge in [0.1, 0.15) is 0 Å². The van der Waals surface area contributed by atoms with E-state index in [0.717, 1.165) is 18.3 Å². The molecule has 5 aliphatic rings. The Hall–Kier alpha value is -2.22. The predicted molar refractivity (Wildman–Crippen MR) is 174 cm³/mol. The Bertz CT molecular complexity index is 1500. The number of hydrogen-bond donors (Lipinski definition) is 0. The van der Waals surface area contributed by atoms with E-state index in [0.29, 0.717) is 30.1 Å². The Labute approximate surface area is 270 Å². The zero-order chi connectivity index (χ0) is 31.2. The fourth-order valence-electron chi connectivity index (χ4n) is 10.2. The van der Waals surface area contributed by atoms with E-state index < -0.39 is 21.8 Å². The zero-order valence-corrected chi connectivity index (χ0v) is 27.4. The molecule has 3 aromatic carbocycles. The molecule has 0 radical (unpaired) electrons. The number of alkyl halides is 2. The van der Waals surface area contributed by atoms with Crippen molar-refractivity contribution in [1.82, 2.24) is 0 Å². The summed E-state index contributed by atoms with van der Waals surface area (Å²) in [6, 6.07) is 31.3. The highest BCUT2D eigenvalue weighted by molar-refractivity contribution is 7.97. The van der Waals surface area contributed by atoms with Crippen LogP contribution in [0.5, 0.6) is 0 Å². The second kappa shape index (κ2) is 12.8. The molecule has 7 heteroatoms. The molecule has 7 atom stereocenters. The number of hydrogen-bond acceptors (Lipinski definition) is 3. The molecule has 0 N–H and O–H groups in total. The summed E-state index contributed by atoms with van der Waals surface area (Å²) >= 11 is 0. The minimum atomic E-state index is -5.52. The maximum absolute atomic E-state index is 13.5. The Morgan fingerprint density at radius 2 is 1.22 bits per heavy atom. The summed E-state index contributed by atoms with van der Waals surface area (Å²) in [6.45, 7) is 0. The third-order valence-corrected chi connectivity index (χ3v) is 15.0. The summed E-state index contributed by atoms with van der Waals surface area (Å²) in [6.07, 6.45) is 11.7. The topological polar surface area (TPSA) is 57.2 Å². The largest absolute Gasteiger partial charge is 0.743 e. The van der Waals surface area contributed by atoms with Crippen LogP contribution in [0.3, 0.4) is 0 Å². The average molecular weight is 651 g/mol. The molecule has 5 fully saturated rings. The van der Waals surface area contributed by atoms with Gasteiger partial charge in [0.15, 0.2) is 24.8 Å². The van der Waals surface area contributed by atoms with Gasteiger partial charge in [-0.2, -0.15) is 8.78 Å². The van der Waals surface area contributed by atoms with Crippen molar-refractivity contribution in [3.8, 4) is 0 Å². The van der Waals surface area contributed by atoms with Gasteiger partial charge >= 0.3 is 5.25 Å². The van der Waals surface area contributed by atoms with Gasteiger partial charge in [-0.25, -0.2) is 8.42 Å². The monoisotopic (exact) mass is 650 g/mol. The summed E-state index contributed by atoms with van der Waals surface area (Å²) in [5.41, 5.74) is 1.54. The first-order valence-electron chi connectivity index (χ1n) is 17.0. The van der Waals surface area contributed by atoms with Crippen LogP contribution in [0.1, 0.15) is 82.1 Å². The molecule has 0 amide bonds. The molecule has 0 heterocycles. The van der Waals surface area contributed by atoms with E-state index in [1.54, 1.807) is 0 Å². The van der Waals surface area contributed by atoms with Crippen LogP contribution < -0.4 is 0 Å². The number of fused-ring (bicyclic) bond motifs is 9. The van der Waals surface area contributed by atoms with Gasteiger partial charge in [-0.3, -0.25) is 0 Å². The molecule has 0 aromatic heterocycles. The maximum atomic E-state index is 13.5. The van der Waals surface area contributed by atoms with Crippen molar-refractivity contribution < 1.29 is 21.8 Å². The molecule has 240 valence electrons. The van der Waals surface area contributed by atoms with Crippen molar-refractivity contribution in [2.75, 3.05) is 0 Å². The Kier molecular flexibility index (Phi) is 8.90. The van der Waals surface area contributed by atoms with Crippen LogP contribution in [0.25, 0.3) is 0 Å². The lowest BCUT2D eigenvalue weighted by molar-refractivity contribution is 0.0178. The Morgan fingerprint density at radius 1 is 0.667 bits per heavy atom. The molecule has 3 nitrogen and oxygen atoms in total.